The molecule has 2 aliphatic rings. The molecule has 0 aliphatic carbocycles. The maximum Gasteiger partial charge on any atom is 0.253 e. The average molecular weight is 387 g/mol. The van der Waals surface area contributed by atoms with Gasteiger partial charge in [0, 0.05) is 37.7 Å². The van der Waals surface area contributed by atoms with Crippen molar-refractivity contribution >= 4 is 11.8 Å². The molecule has 0 bridgehead atoms. The van der Waals surface area contributed by atoms with Crippen LogP contribution in [0.15, 0.2) is 24.3 Å². The third kappa shape index (κ3) is 5.49. The number of carbonyl (C=O) groups excluding carboxylic acids is 2. The van der Waals surface area contributed by atoms with Crippen molar-refractivity contribution in [2.75, 3.05) is 32.8 Å². The molecule has 3 rings (SSSR count). The van der Waals surface area contributed by atoms with Gasteiger partial charge in [-0.1, -0.05) is 26.2 Å². The number of hydrogen-bond donors (Lipinski definition) is 0. The third-order valence-electron chi connectivity index (χ3n) is 5.92. The molecule has 0 spiro atoms. The van der Waals surface area contributed by atoms with Gasteiger partial charge in [0.15, 0.2) is 0 Å². The first kappa shape index (κ1) is 20.7. The van der Waals surface area contributed by atoms with Gasteiger partial charge in [-0.2, -0.15) is 0 Å². The fourth-order valence-corrected chi connectivity index (χ4v) is 4.09. The first-order valence-corrected chi connectivity index (χ1v) is 11.0. The topological polar surface area (TPSA) is 49.9 Å². The molecule has 1 aromatic carbocycles. The molecule has 1 aromatic rings. The number of carbonyl (C=O) groups is 2. The lowest BCUT2D eigenvalue weighted by atomic mass is 9.94. The molecule has 0 unspecified atom stereocenters. The fraction of sp³-hybridized carbons (Fsp3) is 0.652. The van der Waals surface area contributed by atoms with E-state index in [9.17, 15) is 9.59 Å². The molecule has 5 heteroatoms. The maximum atomic E-state index is 12.8. The van der Waals surface area contributed by atoms with Gasteiger partial charge in [-0.3, -0.25) is 9.59 Å². The minimum atomic E-state index is 0.0563. The molecule has 5 nitrogen and oxygen atoms in total. The molecule has 28 heavy (non-hydrogen) atoms. The van der Waals surface area contributed by atoms with Gasteiger partial charge in [0.05, 0.1) is 6.61 Å². The molecule has 0 saturated carbocycles. The van der Waals surface area contributed by atoms with Gasteiger partial charge < -0.3 is 14.5 Å². The van der Waals surface area contributed by atoms with E-state index in [0.29, 0.717) is 31.2 Å². The first-order chi connectivity index (χ1) is 13.7. The lowest BCUT2D eigenvalue weighted by Crippen LogP contribution is -2.44. The van der Waals surface area contributed by atoms with E-state index in [-0.39, 0.29) is 11.8 Å². The summed E-state index contributed by atoms with van der Waals surface area (Å²) in [5.41, 5.74) is 0.695. The summed E-state index contributed by atoms with van der Waals surface area (Å²) in [6.07, 6.45) is 8.41. The summed E-state index contributed by atoms with van der Waals surface area (Å²) in [5, 5.41) is 0. The Labute approximate surface area is 169 Å². The Morgan fingerprint density at radius 1 is 0.929 bits per heavy atom. The zero-order chi connectivity index (χ0) is 19.8. The summed E-state index contributed by atoms with van der Waals surface area (Å²) >= 11 is 0. The van der Waals surface area contributed by atoms with E-state index in [1.807, 2.05) is 29.2 Å². The Balaban J connectivity index is 1.48. The molecule has 2 amide bonds. The van der Waals surface area contributed by atoms with Crippen molar-refractivity contribution in [1.82, 2.24) is 9.80 Å². The van der Waals surface area contributed by atoms with Crippen LogP contribution in [0.2, 0.25) is 0 Å². The Hall–Kier alpha value is -2.04. The lowest BCUT2D eigenvalue weighted by molar-refractivity contribution is -0.136. The number of nitrogens with zero attached hydrogens (tertiary/aromatic N) is 2. The maximum absolute atomic E-state index is 12.8. The van der Waals surface area contributed by atoms with Gasteiger partial charge >= 0.3 is 0 Å². The molecule has 2 saturated heterocycles. The van der Waals surface area contributed by atoms with Crippen LogP contribution in [0.5, 0.6) is 5.75 Å². The molecular weight excluding hydrogens is 352 g/mol. The molecule has 0 N–H and O–H groups in total. The summed E-state index contributed by atoms with van der Waals surface area (Å²) in [6, 6.07) is 7.44. The van der Waals surface area contributed by atoms with E-state index >= 15 is 0 Å². The van der Waals surface area contributed by atoms with Gasteiger partial charge in [-0.05, 0) is 56.4 Å². The number of benzene rings is 1. The second-order valence-electron chi connectivity index (χ2n) is 8.03. The molecule has 0 atom stereocenters. The predicted octanol–water partition coefficient (Wildman–Crippen LogP) is 4.12. The number of ether oxygens (including phenoxy) is 1. The number of hydrogen-bond acceptors (Lipinski definition) is 3. The number of likely N-dealkylation sites (tertiary alicyclic amines) is 2. The van der Waals surface area contributed by atoms with Crippen molar-refractivity contribution < 1.29 is 14.3 Å². The Bertz CT molecular complexity index is 628. The molecule has 2 heterocycles. The van der Waals surface area contributed by atoms with Gasteiger partial charge in [-0.15, -0.1) is 0 Å². The van der Waals surface area contributed by atoms with Gasteiger partial charge in [0.1, 0.15) is 5.75 Å². The van der Waals surface area contributed by atoms with Crippen LogP contribution < -0.4 is 4.74 Å². The van der Waals surface area contributed by atoms with Crippen LogP contribution in [-0.4, -0.2) is 54.4 Å². The van der Waals surface area contributed by atoms with Crippen molar-refractivity contribution in [3.63, 3.8) is 0 Å². The number of rotatable bonds is 6. The predicted molar refractivity (Wildman–Crippen MR) is 111 cm³/mol. The SMILES string of the molecule is CCCCOc1ccc(C(=O)N2CCC(C(=O)N3CCCCCC3)CC2)cc1. The largest absolute Gasteiger partial charge is 0.494 e. The van der Waals surface area contributed by atoms with E-state index in [0.717, 1.165) is 57.4 Å². The normalized spacial score (nSPS) is 18.6. The highest BCUT2D eigenvalue weighted by molar-refractivity contribution is 5.94. The summed E-state index contributed by atoms with van der Waals surface area (Å²) in [4.78, 5) is 29.5. The molecular formula is C23H34N2O3. The van der Waals surface area contributed by atoms with Crippen LogP contribution >= 0.6 is 0 Å². The van der Waals surface area contributed by atoms with E-state index in [2.05, 4.69) is 11.8 Å². The summed E-state index contributed by atoms with van der Waals surface area (Å²) in [6.45, 7) is 5.99. The van der Waals surface area contributed by atoms with Crippen molar-refractivity contribution in [1.29, 1.82) is 0 Å². The van der Waals surface area contributed by atoms with Crippen LogP contribution in [-0.2, 0) is 4.79 Å². The minimum absolute atomic E-state index is 0.0563. The molecule has 0 radical (unpaired) electrons. The van der Waals surface area contributed by atoms with E-state index < -0.39 is 0 Å². The average Bonchev–Trinajstić information content (AvgIpc) is 3.03. The highest BCUT2D eigenvalue weighted by atomic mass is 16.5. The molecule has 154 valence electrons. The van der Waals surface area contributed by atoms with E-state index in [1.54, 1.807) is 0 Å². The molecule has 2 fully saturated rings. The molecule has 0 aromatic heterocycles. The van der Waals surface area contributed by atoms with E-state index in [1.165, 1.54) is 12.8 Å². The second kappa shape index (κ2) is 10.5. The smallest absolute Gasteiger partial charge is 0.253 e. The van der Waals surface area contributed by atoms with Crippen molar-refractivity contribution in [3.05, 3.63) is 29.8 Å². The van der Waals surface area contributed by atoms with Gasteiger partial charge in [0.2, 0.25) is 5.91 Å². The Morgan fingerprint density at radius 2 is 1.57 bits per heavy atom. The van der Waals surface area contributed by atoms with Crippen LogP contribution in [0.25, 0.3) is 0 Å². The zero-order valence-corrected chi connectivity index (χ0v) is 17.2. The third-order valence-corrected chi connectivity index (χ3v) is 5.92. The summed E-state index contributed by atoms with van der Waals surface area (Å²) < 4.78 is 5.67. The lowest BCUT2D eigenvalue weighted by Gasteiger charge is -2.34. The number of unbranched alkanes of at least 4 members (excludes halogenated alkanes) is 1. The van der Waals surface area contributed by atoms with Crippen LogP contribution in [0.3, 0.4) is 0 Å². The van der Waals surface area contributed by atoms with Crippen molar-refractivity contribution in [2.24, 2.45) is 5.92 Å². The van der Waals surface area contributed by atoms with Crippen molar-refractivity contribution in [3.8, 4) is 5.75 Å². The zero-order valence-electron chi connectivity index (χ0n) is 17.2. The molecule has 2 aliphatic heterocycles. The Kier molecular flexibility index (Phi) is 7.75. The second-order valence-corrected chi connectivity index (χ2v) is 8.03. The summed E-state index contributed by atoms with van der Waals surface area (Å²) in [5.74, 6) is 1.26. The first-order valence-electron chi connectivity index (χ1n) is 11.0. The Morgan fingerprint density at radius 3 is 2.18 bits per heavy atom. The standard InChI is InChI=1S/C23H34N2O3/c1-2-3-18-28-21-10-8-19(9-11-21)22(26)25-16-12-20(13-17-25)23(27)24-14-6-4-5-7-15-24/h8-11,20H,2-7,12-18H2,1H3. The van der Waals surface area contributed by atoms with Crippen LogP contribution in [0, 0.1) is 5.92 Å². The van der Waals surface area contributed by atoms with Crippen LogP contribution in [0.4, 0.5) is 0 Å². The fourth-order valence-electron chi connectivity index (χ4n) is 4.09. The number of amides is 2. The minimum Gasteiger partial charge on any atom is -0.494 e. The summed E-state index contributed by atoms with van der Waals surface area (Å²) in [7, 11) is 0. The monoisotopic (exact) mass is 386 g/mol. The highest BCUT2D eigenvalue weighted by Gasteiger charge is 2.30. The number of piperidine rings is 1. The van der Waals surface area contributed by atoms with Gasteiger partial charge in [-0.25, -0.2) is 0 Å². The van der Waals surface area contributed by atoms with Gasteiger partial charge in [0.25, 0.3) is 5.91 Å². The van der Waals surface area contributed by atoms with Crippen LogP contribution in [0.1, 0.15) is 68.6 Å². The highest BCUT2D eigenvalue weighted by Crippen LogP contribution is 2.23. The quantitative estimate of drug-likeness (QED) is 0.691. The van der Waals surface area contributed by atoms with E-state index in [4.69, 9.17) is 4.74 Å². The van der Waals surface area contributed by atoms with Crippen molar-refractivity contribution in [2.45, 2.75) is 58.3 Å².